The summed E-state index contributed by atoms with van der Waals surface area (Å²) >= 11 is 0. The lowest BCUT2D eigenvalue weighted by atomic mass is 9.96. The Labute approximate surface area is 140 Å². The molecule has 24 heavy (non-hydrogen) atoms. The van der Waals surface area contributed by atoms with Gasteiger partial charge in [-0.15, -0.1) is 4.91 Å². The second-order valence-electron chi connectivity index (χ2n) is 5.57. The van der Waals surface area contributed by atoms with E-state index in [0.717, 1.165) is 32.8 Å². The van der Waals surface area contributed by atoms with E-state index in [0.29, 0.717) is 11.1 Å². The maximum absolute atomic E-state index is 10.6. The van der Waals surface area contributed by atoms with Gasteiger partial charge in [0.25, 0.3) is 0 Å². The van der Waals surface area contributed by atoms with Crippen molar-refractivity contribution in [1.82, 2.24) is 4.98 Å². The number of benzene rings is 3. The van der Waals surface area contributed by atoms with Gasteiger partial charge in [0.1, 0.15) is 8.73 Å². The first kappa shape index (κ1) is 14.7. The summed E-state index contributed by atoms with van der Waals surface area (Å²) in [6, 6.07) is 22.0. The number of aromatic nitrogens is 1. The van der Waals surface area contributed by atoms with Crippen molar-refractivity contribution < 1.29 is 0 Å². The van der Waals surface area contributed by atoms with Gasteiger partial charge in [-0.1, -0.05) is 48.5 Å². The van der Waals surface area contributed by atoms with Crippen molar-refractivity contribution in [3.05, 3.63) is 71.6 Å². The minimum atomic E-state index is -0.190. The lowest BCUT2D eigenvalue weighted by Crippen LogP contribution is -2.01. The Morgan fingerprint density at radius 1 is 0.875 bits per heavy atom. The van der Waals surface area contributed by atoms with Gasteiger partial charge >= 0.3 is 0 Å². The van der Waals surface area contributed by atoms with Crippen LogP contribution in [0.15, 0.2) is 71.7 Å². The van der Waals surface area contributed by atoms with Crippen LogP contribution in [-0.4, -0.2) is 4.98 Å². The van der Waals surface area contributed by atoms with Crippen LogP contribution in [0.5, 0.6) is 0 Å². The molecule has 116 valence electrons. The smallest absolute Gasteiger partial charge is 0.101 e. The summed E-state index contributed by atoms with van der Waals surface area (Å²) in [5.41, 5.74) is 10.4. The number of nitrogens with two attached hydrogens (primary N) is 1. The molecule has 0 saturated heterocycles. The highest BCUT2D eigenvalue weighted by molar-refractivity contribution is 7.45. The van der Waals surface area contributed by atoms with Gasteiger partial charge in [0.05, 0.1) is 11.0 Å². The summed E-state index contributed by atoms with van der Waals surface area (Å²) in [7, 11) is -0.190. The Balaban J connectivity index is 2.07. The third-order valence-corrected chi connectivity index (χ3v) is 4.65. The largest absolute Gasteiger partial charge is 0.399 e. The number of nitroso groups, excluding NO2 is 1. The molecule has 0 aliphatic carbocycles. The fraction of sp³-hybridized carbons (Fsp3) is 0. The molecule has 0 fully saturated rings. The van der Waals surface area contributed by atoms with Gasteiger partial charge < -0.3 is 5.73 Å². The van der Waals surface area contributed by atoms with Crippen LogP contribution in [-0.2, 0) is 0 Å². The summed E-state index contributed by atoms with van der Waals surface area (Å²) in [5, 5.41) is 3.27. The van der Waals surface area contributed by atoms with E-state index in [-0.39, 0.29) is 8.73 Å². The standard InChI is InChI=1S/C19H14N3OP/c20-14-10-13-8-9-18(24-22-23)21-19(13)17(11-14)16-7-3-5-12-4-1-2-6-15(12)16/h1-11,24H,20H2. The van der Waals surface area contributed by atoms with E-state index in [2.05, 4.69) is 34.2 Å². The maximum atomic E-state index is 10.6. The first-order chi connectivity index (χ1) is 11.8. The molecule has 0 radical (unpaired) electrons. The summed E-state index contributed by atoms with van der Waals surface area (Å²) in [5.74, 6) is 0. The van der Waals surface area contributed by atoms with Gasteiger partial charge in [-0.2, -0.15) is 0 Å². The zero-order chi connectivity index (χ0) is 16.5. The number of pyridine rings is 1. The Bertz CT molecular complexity index is 1070. The molecule has 4 aromatic rings. The molecule has 0 aliphatic heterocycles. The highest BCUT2D eigenvalue weighted by Crippen LogP contribution is 2.34. The number of hydrogen-bond acceptors (Lipinski definition) is 4. The normalized spacial score (nSPS) is 11.5. The summed E-state index contributed by atoms with van der Waals surface area (Å²) < 4.78 is 0. The summed E-state index contributed by atoms with van der Waals surface area (Å²) in [6.07, 6.45) is 0. The predicted molar refractivity (Wildman–Crippen MR) is 103 cm³/mol. The molecular formula is C19H14N3OP. The zero-order valence-electron chi connectivity index (χ0n) is 12.7. The second kappa shape index (κ2) is 5.99. The van der Waals surface area contributed by atoms with Crippen molar-refractivity contribution in [2.75, 3.05) is 5.73 Å². The van der Waals surface area contributed by atoms with Crippen LogP contribution in [0.4, 0.5) is 5.69 Å². The van der Waals surface area contributed by atoms with E-state index in [1.165, 1.54) is 0 Å². The van der Waals surface area contributed by atoms with Crippen molar-refractivity contribution in [1.29, 1.82) is 0 Å². The molecule has 5 heteroatoms. The van der Waals surface area contributed by atoms with Gasteiger partial charge in [-0.3, -0.25) is 0 Å². The van der Waals surface area contributed by atoms with Gasteiger partial charge in [-0.05, 0) is 39.5 Å². The molecule has 4 nitrogen and oxygen atoms in total. The van der Waals surface area contributed by atoms with Gasteiger partial charge in [0, 0.05) is 16.6 Å². The third-order valence-electron chi connectivity index (χ3n) is 4.05. The van der Waals surface area contributed by atoms with Crippen LogP contribution >= 0.6 is 8.73 Å². The molecule has 0 aliphatic rings. The lowest BCUT2D eigenvalue weighted by Gasteiger charge is -2.11. The van der Waals surface area contributed by atoms with Crippen LogP contribution in [0, 0.1) is 4.91 Å². The van der Waals surface area contributed by atoms with Crippen molar-refractivity contribution in [2.24, 2.45) is 4.95 Å². The highest BCUT2D eigenvalue weighted by atomic mass is 31.1. The fourth-order valence-corrected chi connectivity index (χ4v) is 3.45. The quantitative estimate of drug-likeness (QED) is 0.338. The Morgan fingerprint density at radius 3 is 2.58 bits per heavy atom. The molecule has 1 atom stereocenters. The molecule has 4 rings (SSSR count). The molecule has 0 bridgehead atoms. The molecule has 2 N–H and O–H groups in total. The minimum absolute atomic E-state index is 0.190. The maximum Gasteiger partial charge on any atom is 0.101 e. The van der Waals surface area contributed by atoms with Gasteiger partial charge in [0.2, 0.25) is 0 Å². The number of fused-ring (bicyclic) bond motifs is 2. The average molecular weight is 331 g/mol. The van der Waals surface area contributed by atoms with E-state index in [1.54, 1.807) is 0 Å². The first-order valence-corrected chi connectivity index (χ1v) is 8.48. The molecule has 0 saturated carbocycles. The van der Waals surface area contributed by atoms with Gasteiger partial charge in [0.15, 0.2) is 0 Å². The van der Waals surface area contributed by atoms with Gasteiger partial charge in [-0.25, -0.2) is 4.98 Å². The monoisotopic (exact) mass is 331 g/mol. The molecule has 1 aromatic heterocycles. The number of hydrogen-bond donors (Lipinski definition) is 1. The topological polar surface area (TPSA) is 68.3 Å². The van der Waals surface area contributed by atoms with E-state index in [4.69, 9.17) is 5.73 Å². The summed E-state index contributed by atoms with van der Waals surface area (Å²) in [6.45, 7) is 0. The number of nitrogen functional groups attached to an aromatic ring is 1. The van der Waals surface area contributed by atoms with Crippen LogP contribution in [0.1, 0.15) is 0 Å². The molecular weight excluding hydrogens is 317 g/mol. The Kier molecular flexibility index (Phi) is 3.68. The zero-order valence-corrected chi connectivity index (χ0v) is 13.7. The molecule has 1 heterocycles. The SMILES string of the molecule is Nc1cc(-c2cccc3ccccc23)c2nc(PN=O)ccc2c1. The van der Waals surface area contributed by atoms with Crippen LogP contribution in [0.2, 0.25) is 0 Å². The average Bonchev–Trinajstić information content (AvgIpc) is 2.61. The van der Waals surface area contributed by atoms with E-state index in [9.17, 15) is 4.91 Å². The Morgan fingerprint density at radius 2 is 1.71 bits per heavy atom. The van der Waals surface area contributed by atoms with Crippen molar-refractivity contribution >= 4 is 41.5 Å². The minimum Gasteiger partial charge on any atom is -0.399 e. The molecule has 0 amide bonds. The number of rotatable bonds is 3. The highest BCUT2D eigenvalue weighted by Gasteiger charge is 2.11. The van der Waals surface area contributed by atoms with Crippen molar-refractivity contribution in [2.45, 2.75) is 0 Å². The Hall–Kier alpha value is -2.84. The van der Waals surface area contributed by atoms with E-state index < -0.39 is 0 Å². The number of nitrogens with zero attached hydrogens (tertiary/aromatic N) is 2. The second-order valence-corrected chi connectivity index (χ2v) is 6.48. The third kappa shape index (κ3) is 2.51. The first-order valence-electron chi connectivity index (χ1n) is 7.53. The van der Waals surface area contributed by atoms with Crippen LogP contribution in [0.3, 0.4) is 0 Å². The summed E-state index contributed by atoms with van der Waals surface area (Å²) in [4.78, 5) is 18.2. The van der Waals surface area contributed by atoms with Crippen molar-refractivity contribution in [3.8, 4) is 11.1 Å². The van der Waals surface area contributed by atoms with E-state index >= 15 is 0 Å². The van der Waals surface area contributed by atoms with Crippen molar-refractivity contribution in [3.63, 3.8) is 0 Å². The van der Waals surface area contributed by atoms with E-state index in [1.807, 2.05) is 42.5 Å². The molecule has 0 spiro atoms. The lowest BCUT2D eigenvalue weighted by molar-refractivity contribution is 1.47. The van der Waals surface area contributed by atoms with Crippen LogP contribution < -0.4 is 11.2 Å². The number of anilines is 1. The molecule has 1 unspecified atom stereocenters. The predicted octanol–water partition coefficient (Wildman–Crippen LogP) is 4.62. The molecule has 3 aromatic carbocycles. The fourth-order valence-electron chi connectivity index (χ4n) is 3.03. The van der Waals surface area contributed by atoms with Crippen LogP contribution in [0.25, 0.3) is 32.8 Å².